The van der Waals surface area contributed by atoms with Crippen LogP contribution in [0.5, 0.6) is 0 Å². The smallest absolute Gasteiger partial charge is 0.164 e. The van der Waals surface area contributed by atoms with Gasteiger partial charge in [0, 0.05) is 35.9 Å². The number of thiophene rings is 1. The summed E-state index contributed by atoms with van der Waals surface area (Å²) in [4.78, 5) is 19.7. The molecule has 1 aliphatic heterocycles. The van der Waals surface area contributed by atoms with Crippen LogP contribution in [0.25, 0.3) is 21.6 Å². The monoisotopic (exact) mass is 392 g/mol. The maximum Gasteiger partial charge on any atom is 0.164 e. The van der Waals surface area contributed by atoms with Crippen LogP contribution in [0.15, 0.2) is 24.5 Å². The number of fused-ring (bicyclic) bond motifs is 3. The highest BCUT2D eigenvalue weighted by molar-refractivity contribution is 7.19. The summed E-state index contributed by atoms with van der Waals surface area (Å²) in [5.41, 5.74) is 2.55. The third kappa shape index (κ3) is 3.41. The molecule has 0 spiro atoms. The molecule has 1 atom stereocenters. The highest BCUT2D eigenvalue weighted by atomic mass is 32.1. The zero-order valence-corrected chi connectivity index (χ0v) is 17.5. The summed E-state index contributed by atoms with van der Waals surface area (Å²) in [5.74, 6) is 2.78. The molecule has 28 heavy (non-hydrogen) atoms. The van der Waals surface area contributed by atoms with Crippen LogP contribution in [-0.4, -0.2) is 28.0 Å². The quantitative estimate of drug-likeness (QED) is 0.565. The largest absolute Gasteiger partial charge is 0.356 e. The van der Waals surface area contributed by atoms with E-state index in [0.29, 0.717) is 0 Å². The Hall–Kier alpha value is -2.01. The van der Waals surface area contributed by atoms with Gasteiger partial charge in [0.2, 0.25) is 0 Å². The predicted octanol–water partition coefficient (Wildman–Crippen LogP) is 5.65. The van der Waals surface area contributed by atoms with Crippen molar-refractivity contribution in [3.63, 3.8) is 0 Å². The molecule has 2 aliphatic rings. The molecule has 1 aliphatic carbocycles. The predicted molar refractivity (Wildman–Crippen MR) is 117 cm³/mol. The standard InChI is InChI=1S/C23H28N4S/c1-16-9-10-18-19(14-16)28-23-20(18)22(27-12-5-3-2-4-6-13-27)25-21(26-23)17-8-7-11-24-15-17/h7-8,11,15-16H,2-6,9-10,12-14H2,1H3/t16-/m0/s1. The zero-order valence-electron chi connectivity index (χ0n) is 16.7. The Kier molecular flexibility index (Phi) is 5.02. The first kappa shape index (κ1) is 18.0. The number of nitrogens with zero attached hydrogens (tertiary/aromatic N) is 4. The van der Waals surface area contributed by atoms with Gasteiger partial charge in [0.05, 0.1) is 5.39 Å². The normalized spacial score (nSPS) is 20.6. The van der Waals surface area contributed by atoms with Crippen molar-refractivity contribution in [2.75, 3.05) is 18.0 Å². The summed E-state index contributed by atoms with van der Waals surface area (Å²) in [6.07, 6.45) is 13.9. The van der Waals surface area contributed by atoms with Crippen molar-refractivity contribution in [2.24, 2.45) is 5.92 Å². The molecule has 0 bridgehead atoms. The molecule has 5 rings (SSSR count). The molecular formula is C23H28N4S. The number of pyridine rings is 1. The van der Waals surface area contributed by atoms with E-state index in [4.69, 9.17) is 9.97 Å². The van der Waals surface area contributed by atoms with E-state index in [1.165, 1.54) is 73.0 Å². The van der Waals surface area contributed by atoms with Crippen LogP contribution < -0.4 is 4.90 Å². The third-order valence-corrected chi connectivity index (χ3v) is 7.36. The molecule has 5 heteroatoms. The third-order valence-electron chi connectivity index (χ3n) is 6.21. The highest BCUT2D eigenvalue weighted by Crippen LogP contribution is 2.42. The van der Waals surface area contributed by atoms with Crippen molar-refractivity contribution in [3.05, 3.63) is 35.0 Å². The van der Waals surface area contributed by atoms with Gasteiger partial charge in [-0.25, -0.2) is 9.97 Å². The molecule has 0 saturated carbocycles. The molecule has 1 saturated heterocycles. The molecule has 0 radical (unpaired) electrons. The first-order valence-corrected chi connectivity index (χ1v) is 11.6. The number of anilines is 1. The number of aryl methyl sites for hydroxylation is 1. The molecule has 3 aromatic rings. The molecular weight excluding hydrogens is 364 g/mol. The van der Waals surface area contributed by atoms with Gasteiger partial charge in [-0.1, -0.05) is 26.2 Å². The van der Waals surface area contributed by atoms with Crippen LogP contribution in [0, 0.1) is 5.92 Å². The minimum Gasteiger partial charge on any atom is -0.356 e. The minimum absolute atomic E-state index is 0.775. The molecule has 0 N–H and O–H groups in total. The summed E-state index contributed by atoms with van der Waals surface area (Å²) in [7, 11) is 0. The van der Waals surface area contributed by atoms with Crippen LogP contribution in [0.4, 0.5) is 5.82 Å². The lowest BCUT2D eigenvalue weighted by molar-refractivity contribution is 0.509. The van der Waals surface area contributed by atoms with Gasteiger partial charge in [-0.05, 0) is 55.7 Å². The van der Waals surface area contributed by atoms with Gasteiger partial charge in [0.25, 0.3) is 0 Å². The van der Waals surface area contributed by atoms with E-state index in [1.807, 2.05) is 29.8 Å². The van der Waals surface area contributed by atoms with Gasteiger partial charge in [-0.15, -0.1) is 11.3 Å². The molecule has 146 valence electrons. The lowest BCUT2D eigenvalue weighted by atomic mass is 9.89. The number of aromatic nitrogens is 3. The Morgan fingerprint density at radius 2 is 1.89 bits per heavy atom. The molecule has 4 heterocycles. The van der Waals surface area contributed by atoms with Gasteiger partial charge >= 0.3 is 0 Å². The maximum atomic E-state index is 5.15. The Morgan fingerprint density at radius 3 is 2.68 bits per heavy atom. The maximum absolute atomic E-state index is 5.15. The van der Waals surface area contributed by atoms with E-state index >= 15 is 0 Å². The number of hydrogen-bond donors (Lipinski definition) is 0. The van der Waals surface area contributed by atoms with E-state index < -0.39 is 0 Å². The Labute approximate surface area is 171 Å². The second-order valence-electron chi connectivity index (χ2n) is 8.40. The lowest BCUT2D eigenvalue weighted by Gasteiger charge is -2.27. The van der Waals surface area contributed by atoms with Crippen molar-refractivity contribution in [1.29, 1.82) is 0 Å². The van der Waals surface area contributed by atoms with Crippen molar-refractivity contribution >= 4 is 27.4 Å². The van der Waals surface area contributed by atoms with Crippen molar-refractivity contribution in [2.45, 2.75) is 58.3 Å². The average molecular weight is 393 g/mol. The fraction of sp³-hybridized carbons (Fsp3) is 0.522. The molecule has 0 unspecified atom stereocenters. The Bertz CT molecular complexity index is 958. The van der Waals surface area contributed by atoms with Crippen LogP contribution in [0.1, 0.15) is 55.9 Å². The summed E-state index contributed by atoms with van der Waals surface area (Å²) < 4.78 is 0. The summed E-state index contributed by atoms with van der Waals surface area (Å²) in [5, 5.41) is 1.35. The summed E-state index contributed by atoms with van der Waals surface area (Å²) in [6, 6.07) is 4.04. The van der Waals surface area contributed by atoms with Gasteiger partial charge in [-0.3, -0.25) is 4.98 Å². The Balaban J connectivity index is 1.68. The van der Waals surface area contributed by atoms with E-state index in [0.717, 1.165) is 30.4 Å². The Morgan fingerprint density at radius 1 is 1.07 bits per heavy atom. The number of rotatable bonds is 2. The zero-order chi connectivity index (χ0) is 18.9. The fourth-order valence-electron chi connectivity index (χ4n) is 4.64. The molecule has 4 nitrogen and oxygen atoms in total. The van der Waals surface area contributed by atoms with Crippen molar-refractivity contribution in [1.82, 2.24) is 15.0 Å². The molecule has 0 amide bonds. The molecule has 0 aromatic carbocycles. The SMILES string of the molecule is C[C@H]1CCc2c(sc3nc(-c4cccnc4)nc(N4CCCCCCC4)c23)C1. The second-order valence-corrected chi connectivity index (χ2v) is 9.48. The lowest BCUT2D eigenvalue weighted by Crippen LogP contribution is -2.28. The van der Waals surface area contributed by atoms with E-state index in [-0.39, 0.29) is 0 Å². The van der Waals surface area contributed by atoms with Crippen LogP contribution in [0.3, 0.4) is 0 Å². The van der Waals surface area contributed by atoms with Gasteiger partial charge in [0.15, 0.2) is 5.82 Å². The highest BCUT2D eigenvalue weighted by Gasteiger charge is 2.26. The topological polar surface area (TPSA) is 41.9 Å². The van der Waals surface area contributed by atoms with Gasteiger partial charge in [-0.2, -0.15) is 0 Å². The minimum atomic E-state index is 0.775. The molecule has 3 aromatic heterocycles. The van der Waals surface area contributed by atoms with E-state index in [1.54, 1.807) is 4.88 Å². The van der Waals surface area contributed by atoms with Gasteiger partial charge in [0.1, 0.15) is 10.6 Å². The molecule has 1 fully saturated rings. The fourth-order valence-corrected chi connectivity index (χ4v) is 6.01. The van der Waals surface area contributed by atoms with E-state index in [2.05, 4.69) is 22.9 Å². The van der Waals surface area contributed by atoms with Crippen LogP contribution in [-0.2, 0) is 12.8 Å². The van der Waals surface area contributed by atoms with E-state index in [9.17, 15) is 0 Å². The summed E-state index contributed by atoms with van der Waals surface area (Å²) in [6.45, 7) is 4.60. The summed E-state index contributed by atoms with van der Waals surface area (Å²) >= 11 is 1.90. The van der Waals surface area contributed by atoms with Crippen LogP contribution >= 0.6 is 11.3 Å². The van der Waals surface area contributed by atoms with Gasteiger partial charge < -0.3 is 4.90 Å². The first-order valence-electron chi connectivity index (χ1n) is 10.8. The first-order chi connectivity index (χ1) is 13.8. The van der Waals surface area contributed by atoms with Crippen molar-refractivity contribution < 1.29 is 0 Å². The van der Waals surface area contributed by atoms with Crippen LogP contribution in [0.2, 0.25) is 0 Å². The van der Waals surface area contributed by atoms with Crippen molar-refractivity contribution in [3.8, 4) is 11.4 Å². The second kappa shape index (κ2) is 7.78. The number of hydrogen-bond acceptors (Lipinski definition) is 5. The average Bonchev–Trinajstić information content (AvgIpc) is 3.05.